The maximum atomic E-state index is 15.0. The van der Waals surface area contributed by atoms with E-state index >= 15 is 0 Å². The molecule has 2 heterocycles. The van der Waals surface area contributed by atoms with Crippen molar-refractivity contribution < 1.29 is 27.3 Å². The summed E-state index contributed by atoms with van der Waals surface area (Å²) >= 11 is 0.910. The van der Waals surface area contributed by atoms with Gasteiger partial charge in [0.25, 0.3) is 0 Å². The standard InChI is InChI=1S/C34H40NO6PSSi/c1-23-29-28(24(2)41-44(6,7)34(3,4)5)32(36)35(29)30(33(37)40-43-27-21-15-10-16-22-27)31(23)39-42(38,25-17-11-8-12-18-25)26-19-13-9-14-20-26/h8-24,28-29H,1-7H3/t23-,24?,28+,29-/m1/s1. The van der Waals surface area contributed by atoms with Gasteiger partial charge in [0.2, 0.25) is 5.91 Å². The molecule has 0 N–H and O–H groups in total. The third-order valence-electron chi connectivity index (χ3n) is 8.95. The second-order valence-electron chi connectivity index (χ2n) is 12.9. The topological polar surface area (TPSA) is 82.1 Å². The Morgan fingerprint density at radius 2 is 1.41 bits per heavy atom. The molecular weight excluding hydrogens is 610 g/mol. The van der Waals surface area contributed by atoms with Crippen molar-refractivity contribution in [3.8, 4) is 0 Å². The van der Waals surface area contributed by atoms with E-state index in [9.17, 15) is 14.2 Å². The van der Waals surface area contributed by atoms with Crippen molar-refractivity contribution >= 4 is 50.2 Å². The summed E-state index contributed by atoms with van der Waals surface area (Å²) in [5.74, 6) is -1.68. The summed E-state index contributed by atoms with van der Waals surface area (Å²) in [5.41, 5.74) is -0.00112. The van der Waals surface area contributed by atoms with Crippen molar-refractivity contribution in [2.75, 3.05) is 0 Å². The second kappa shape index (κ2) is 12.4. The number of β-lactam (4-membered cyclic amide) rings is 1. The molecule has 3 aromatic carbocycles. The van der Waals surface area contributed by atoms with Gasteiger partial charge in [-0.15, -0.1) is 0 Å². The zero-order chi connectivity index (χ0) is 31.9. The second-order valence-corrected chi connectivity index (χ2v) is 20.8. The molecule has 44 heavy (non-hydrogen) atoms. The minimum absolute atomic E-state index is 0.00112. The molecule has 0 spiro atoms. The predicted molar refractivity (Wildman–Crippen MR) is 177 cm³/mol. The van der Waals surface area contributed by atoms with Crippen molar-refractivity contribution in [1.82, 2.24) is 4.90 Å². The lowest BCUT2D eigenvalue weighted by atomic mass is 9.79. The maximum Gasteiger partial charge on any atom is 0.371 e. The van der Waals surface area contributed by atoms with Crippen LogP contribution in [0.5, 0.6) is 0 Å². The van der Waals surface area contributed by atoms with Crippen molar-refractivity contribution in [3.05, 3.63) is 102 Å². The minimum Gasteiger partial charge on any atom is -0.439 e. The Morgan fingerprint density at radius 3 is 1.91 bits per heavy atom. The predicted octanol–water partition coefficient (Wildman–Crippen LogP) is 7.28. The average Bonchev–Trinajstić information content (AvgIpc) is 3.23. The van der Waals surface area contributed by atoms with Crippen molar-refractivity contribution in [2.24, 2.45) is 11.8 Å². The van der Waals surface area contributed by atoms with Crippen LogP contribution >= 0.6 is 19.4 Å². The van der Waals surface area contributed by atoms with E-state index in [1.165, 1.54) is 4.90 Å². The molecule has 2 aliphatic rings. The van der Waals surface area contributed by atoms with E-state index in [1.54, 1.807) is 48.5 Å². The number of carbonyl (C=O) groups is 2. The van der Waals surface area contributed by atoms with Gasteiger partial charge in [-0.25, -0.2) is 4.79 Å². The van der Waals surface area contributed by atoms with Gasteiger partial charge in [0.1, 0.15) is 5.76 Å². The largest absolute Gasteiger partial charge is 0.439 e. The molecule has 1 unspecified atom stereocenters. The Kier molecular flexibility index (Phi) is 9.07. The number of carbonyl (C=O) groups excluding carboxylic acids is 2. The maximum absolute atomic E-state index is 15.0. The van der Waals surface area contributed by atoms with Gasteiger partial charge in [0.15, 0.2) is 14.0 Å². The first-order valence-corrected chi connectivity index (χ1v) is 20.1. The molecule has 1 amide bonds. The molecule has 0 aromatic heterocycles. The molecule has 7 nitrogen and oxygen atoms in total. The van der Waals surface area contributed by atoms with Crippen molar-refractivity contribution in [3.63, 3.8) is 0 Å². The minimum atomic E-state index is -3.74. The normalized spacial score (nSPS) is 21.0. The van der Waals surface area contributed by atoms with Crippen LogP contribution < -0.4 is 10.6 Å². The zero-order valence-corrected chi connectivity index (χ0v) is 28.9. The Morgan fingerprint density at radius 1 is 0.909 bits per heavy atom. The highest BCUT2D eigenvalue weighted by Gasteiger charge is 2.63. The van der Waals surface area contributed by atoms with E-state index in [0.29, 0.717) is 10.6 Å². The molecule has 1 saturated heterocycles. The summed E-state index contributed by atoms with van der Waals surface area (Å²) in [6.07, 6.45) is -0.377. The third-order valence-corrected chi connectivity index (χ3v) is 16.6. The molecule has 10 heteroatoms. The molecule has 5 rings (SSSR count). The van der Waals surface area contributed by atoms with Gasteiger partial charge in [-0.2, -0.15) is 0 Å². The number of nitrogens with zero attached hydrogens (tertiary/aromatic N) is 1. The fourth-order valence-electron chi connectivity index (χ4n) is 5.58. The number of amides is 1. The number of rotatable bonds is 10. The highest BCUT2D eigenvalue weighted by Crippen LogP contribution is 2.55. The third kappa shape index (κ3) is 5.95. The molecule has 4 atom stereocenters. The molecular formula is C34H40NO6PSSi. The summed E-state index contributed by atoms with van der Waals surface area (Å²) in [4.78, 5) is 29.9. The van der Waals surface area contributed by atoms with Gasteiger partial charge >= 0.3 is 13.3 Å². The molecule has 232 valence electrons. The summed E-state index contributed by atoms with van der Waals surface area (Å²) < 4.78 is 33.9. The van der Waals surface area contributed by atoms with Gasteiger partial charge in [-0.05, 0) is 61.5 Å². The van der Waals surface area contributed by atoms with Gasteiger partial charge < -0.3 is 13.1 Å². The van der Waals surface area contributed by atoms with E-state index in [-0.39, 0.29) is 28.5 Å². The van der Waals surface area contributed by atoms with E-state index < -0.39 is 39.5 Å². The summed E-state index contributed by atoms with van der Waals surface area (Å²) in [5, 5.41) is 0.941. The average molecular weight is 650 g/mol. The number of hydrogen-bond acceptors (Lipinski definition) is 7. The summed E-state index contributed by atoms with van der Waals surface area (Å²) in [7, 11) is -5.94. The van der Waals surface area contributed by atoms with E-state index in [4.69, 9.17) is 13.1 Å². The quantitative estimate of drug-likeness (QED) is 0.0988. The molecule has 0 radical (unpaired) electrons. The van der Waals surface area contributed by atoms with Crippen molar-refractivity contribution in [1.29, 1.82) is 0 Å². The van der Waals surface area contributed by atoms with E-state index in [2.05, 4.69) is 33.9 Å². The number of benzene rings is 3. The summed E-state index contributed by atoms with van der Waals surface area (Å²) in [6, 6.07) is 26.8. The van der Waals surface area contributed by atoms with Crippen LogP contribution in [0.2, 0.25) is 18.1 Å². The van der Waals surface area contributed by atoms with Gasteiger partial charge in [0.05, 0.1) is 40.7 Å². The molecule has 1 fully saturated rings. The highest BCUT2D eigenvalue weighted by molar-refractivity contribution is 7.95. The first-order chi connectivity index (χ1) is 20.8. The lowest BCUT2D eigenvalue weighted by Crippen LogP contribution is -2.65. The lowest BCUT2D eigenvalue weighted by molar-refractivity contribution is -0.161. The first kappa shape index (κ1) is 32.3. The Bertz CT molecular complexity index is 1550. The van der Waals surface area contributed by atoms with Crippen LogP contribution in [0.15, 0.2) is 107 Å². The monoisotopic (exact) mass is 649 g/mol. The fourth-order valence-corrected chi connectivity index (χ4v) is 9.69. The summed E-state index contributed by atoms with van der Waals surface area (Å²) in [6.45, 7) is 14.7. The van der Waals surface area contributed by atoms with Crippen LogP contribution in [0.4, 0.5) is 0 Å². The van der Waals surface area contributed by atoms with Gasteiger partial charge in [0, 0.05) is 10.8 Å². The van der Waals surface area contributed by atoms with Crippen LogP contribution in [0.1, 0.15) is 34.6 Å². The molecule has 3 aromatic rings. The first-order valence-electron chi connectivity index (χ1n) is 14.9. The Balaban J connectivity index is 1.54. The smallest absolute Gasteiger partial charge is 0.371 e. The Hall–Kier alpha value is -3.10. The van der Waals surface area contributed by atoms with Crippen LogP contribution in [-0.2, 0) is 27.3 Å². The molecule has 0 saturated carbocycles. The fraction of sp³-hybridized carbons (Fsp3) is 0.353. The zero-order valence-electron chi connectivity index (χ0n) is 26.2. The van der Waals surface area contributed by atoms with Crippen LogP contribution in [0.3, 0.4) is 0 Å². The molecule has 0 aliphatic carbocycles. The molecule has 0 bridgehead atoms. The van der Waals surface area contributed by atoms with E-state index in [0.717, 1.165) is 16.9 Å². The van der Waals surface area contributed by atoms with Crippen LogP contribution in [0.25, 0.3) is 0 Å². The SMILES string of the molecule is CC(O[Si](C)(C)C(C)(C)C)[C@@H]1C(=O)N2C(C(=O)OSc3ccccc3)=C(OP(=O)(c3ccccc3)c3ccccc3)[C@H](C)[C@H]12. The van der Waals surface area contributed by atoms with E-state index in [1.807, 2.05) is 56.3 Å². The number of fused-ring (bicyclic) bond motifs is 1. The van der Waals surface area contributed by atoms with Crippen LogP contribution in [-0.4, -0.2) is 37.2 Å². The molecule has 2 aliphatic heterocycles. The van der Waals surface area contributed by atoms with Gasteiger partial charge in [-0.3, -0.25) is 14.3 Å². The Labute approximate surface area is 265 Å². The van der Waals surface area contributed by atoms with Crippen LogP contribution in [0, 0.1) is 11.8 Å². The lowest BCUT2D eigenvalue weighted by Gasteiger charge is -2.49. The van der Waals surface area contributed by atoms with Crippen molar-refractivity contribution in [2.45, 2.75) is 69.8 Å². The number of hydrogen-bond donors (Lipinski definition) is 0. The van der Waals surface area contributed by atoms with Gasteiger partial charge in [-0.1, -0.05) is 82.3 Å². The highest BCUT2D eigenvalue weighted by atomic mass is 32.2.